The fraction of sp³-hybridized carbons (Fsp3) is 0.316. The van der Waals surface area contributed by atoms with Crippen LogP contribution in [0.3, 0.4) is 0 Å². The van der Waals surface area contributed by atoms with Gasteiger partial charge in [-0.1, -0.05) is 12.1 Å². The lowest BCUT2D eigenvalue weighted by Gasteiger charge is -2.11. The standard InChI is InChI=1S/C19H23N3O5/c1-10-6-7-11(2)14(8-10)27-9-15(23)21-22-18(24)17-12(3)16(13(4)20-17)19(25)26-5/h6-8,20H,9H2,1-5H3,(H,21,23)(H,22,24). The zero-order valence-corrected chi connectivity index (χ0v) is 16.0. The number of aryl methyl sites for hydroxylation is 3. The van der Waals surface area contributed by atoms with Crippen LogP contribution in [0.4, 0.5) is 0 Å². The van der Waals surface area contributed by atoms with Crippen LogP contribution in [0.15, 0.2) is 18.2 Å². The summed E-state index contributed by atoms with van der Waals surface area (Å²) in [5, 5.41) is 0. The van der Waals surface area contributed by atoms with Gasteiger partial charge in [0.1, 0.15) is 11.4 Å². The van der Waals surface area contributed by atoms with Crippen LogP contribution in [-0.2, 0) is 9.53 Å². The van der Waals surface area contributed by atoms with Gasteiger partial charge in [-0.25, -0.2) is 4.79 Å². The van der Waals surface area contributed by atoms with Gasteiger partial charge in [0.15, 0.2) is 6.61 Å². The first kappa shape index (κ1) is 20.0. The number of aromatic amines is 1. The van der Waals surface area contributed by atoms with E-state index in [0.29, 0.717) is 22.6 Å². The van der Waals surface area contributed by atoms with Crippen LogP contribution >= 0.6 is 0 Å². The Labute approximate surface area is 157 Å². The molecule has 2 rings (SSSR count). The highest BCUT2D eigenvalue weighted by Crippen LogP contribution is 2.19. The molecule has 0 unspecified atom stereocenters. The van der Waals surface area contributed by atoms with Crippen LogP contribution in [0.25, 0.3) is 0 Å². The van der Waals surface area contributed by atoms with E-state index in [2.05, 4.69) is 15.8 Å². The highest BCUT2D eigenvalue weighted by atomic mass is 16.5. The minimum Gasteiger partial charge on any atom is -0.483 e. The molecule has 0 saturated heterocycles. The van der Waals surface area contributed by atoms with Gasteiger partial charge in [-0.05, 0) is 50.5 Å². The number of aromatic nitrogens is 1. The maximum atomic E-state index is 12.3. The van der Waals surface area contributed by atoms with E-state index in [1.54, 1.807) is 13.8 Å². The molecule has 8 heteroatoms. The molecule has 0 fully saturated rings. The first-order valence-corrected chi connectivity index (χ1v) is 8.31. The Bertz CT molecular complexity index is 886. The van der Waals surface area contributed by atoms with Gasteiger partial charge in [-0.2, -0.15) is 0 Å². The Morgan fingerprint density at radius 3 is 2.44 bits per heavy atom. The molecule has 144 valence electrons. The molecule has 1 heterocycles. The summed E-state index contributed by atoms with van der Waals surface area (Å²) in [6, 6.07) is 5.69. The molecule has 2 aromatic rings. The lowest BCUT2D eigenvalue weighted by molar-refractivity contribution is -0.123. The van der Waals surface area contributed by atoms with Crippen LogP contribution in [0.2, 0.25) is 0 Å². The summed E-state index contributed by atoms with van der Waals surface area (Å²) in [4.78, 5) is 38.8. The van der Waals surface area contributed by atoms with Crippen LogP contribution in [0.5, 0.6) is 5.75 Å². The molecular weight excluding hydrogens is 350 g/mol. The number of ether oxygens (including phenoxy) is 2. The third kappa shape index (κ3) is 4.66. The van der Waals surface area contributed by atoms with Gasteiger partial charge in [0.05, 0.1) is 12.7 Å². The fourth-order valence-electron chi connectivity index (χ4n) is 2.62. The molecule has 1 aromatic heterocycles. The Morgan fingerprint density at radius 1 is 1.07 bits per heavy atom. The van der Waals surface area contributed by atoms with E-state index < -0.39 is 17.8 Å². The second kappa shape index (κ2) is 8.39. The lowest BCUT2D eigenvalue weighted by Crippen LogP contribution is -2.44. The number of hydrazine groups is 1. The van der Waals surface area contributed by atoms with Crippen molar-refractivity contribution >= 4 is 17.8 Å². The zero-order valence-electron chi connectivity index (χ0n) is 16.0. The van der Waals surface area contributed by atoms with Gasteiger partial charge in [0, 0.05) is 5.69 Å². The van der Waals surface area contributed by atoms with Gasteiger partial charge in [0.25, 0.3) is 11.8 Å². The molecular formula is C19H23N3O5. The number of carbonyl (C=O) groups is 3. The quantitative estimate of drug-likeness (QED) is 0.548. The van der Waals surface area contributed by atoms with E-state index in [4.69, 9.17) is 9.47 Å². The molecule has 3 N–H and O–H groups in total. The van der Waals surface area contributed by atoms with Crippen LogP contribution < -0.4 is 15.6 Å². The summed E-state index contributed by atoms with van der Waals surface area (Å²) in [7, 11) is 1.27. The van der Waals surface area contributed by atoms with E-state index in [1.165, 1.54) is 7.11 Å². The average Bonchev–Trinajstić information content (AvgIpc) is 2.94. The zero-order chi connectivity index (χ0) is 20.1. The smallest absolute Gasteiger partial charge is 0.339 e. The molecule has 27 heavy (non-hydrogen) atoms. The minimum atomic E-state index is -0.578. The number of nitrogens with one attached hydrogen (secondary N) is 3. The monoisotopic (exact) mass is 373 g/mol. The lowest BCUT2D eigenvalue weighted by atomic mass is 10.1. The molecule has 0 saturated carbocycles. The van der Waals surface area contributed by atoms with Gasteiger partial charge in [-0.15, -0.1) is 0 Å². The minimum absolute atomic E-state index is 0.170. The number of esters is 1. The van der Waals surface area contributed by atoms with Crippen LogP contribution in [-0.4, -0.2) is 36.5 Å². The third-order valence-corrected chi connectivity index (χ3v) is 4.07. The van der Waals surface area contributed by atoms with Crippen molar-refractivity contribution < 1.29 is 23.9 Å². The molecule has 2 amide bonds. The molecule has 0 radical (unpaired) electrons. The molecule has 0 aliphatic carbocycles. The summed E-state index contributed by atoms with van der Waals surface area (Å²) in [5.74, 6) is -1.02. The summed E-state index contributed by atoms with van der Waals surface area (Å²) in [6.45, 7) is 6.84. The topological polar surface area (TPSA) is 110 Å². The predicted octanol–water partition coefficient (Wildman–Crippen LogP) is 1.87. The Balaban J connectivity index is 1.94. The largest absolute Gasteiger partial charge is 0.483 e. The van der Waals surface area contributed by atoms with E-state index in [1.807, 2.05) is 32.0 Å². The van der Waals surface area contributed by atoms with Crippen molar-refractivity contribution in [3.63, 3.8) is 0 Å². The van der Waals surface area contributed by atoms with Crippen molar-refractivity contribution in [3.05, 3.63) is 51.8 Å². The highest BCUT2D eigenvalue weighted by molar-refractivity contribution is 6.01. The number of hydrogen-bond acceptors (Lipinski definition) is 5. The van der Waals surface area contributed by atoms with E-state index in [9.17, 15) is 14.4 Å². The maximum absolute atomic E-state index is 12.3. The Hall–Kier alpha value is -3.29. The van der Waals surface area contributed by atoms with Crippen molar-refractivity contribution in [2.75, 3.05) is 13.7 Å². The van der Waals surface area contributed by atoms with Gasteiger partial charge < -0.3 is 14.5 Å². The number of rotatable bonds is 5. The summed E-state index contributed by atoms with van der Waals surface area (Å²) < 4.78 is 10.2. The van der Waals surface area contributed by atoms with Crippen LogP contribution in [0, 0.1) is 27.7 Å². The Morgan fingerprint density at radius 2 is 1.78 bits per heavy atom. The Kier molecular flexibility index (Phi) is 6.23. The highest BCUT2D eigenvalue weighted by Gasteiger charge is 2.22. The predicted molar refractivity (Wildman–Crippen MR) is 98.6 cm³/mol. The molecule has 8 nitrogen and oxygen atoms in total. The average molecular weight is 373 g/mol. The van der Waals surface area contributed by atoms with Crippen molar-refractivity contribution in [2.45, 2.75) is 27.7 Å². The van der Waals surface area contributed by atoms with Gasteiger partial charge in [-0.3, -0.25) is 20.4 Å². The van der Waals surface area contributed by atoms with Crippen molar-refractivity contribution in [3.8, 4) is 5.75 Å². The van der Waals surface area contributed by atoms with Crippen molar-refractivity contribution in [1.82, 2.24) is 15.8 Å². The number of benzene rings is 1. The SMILES string of the molecule is COC(=O)c1c(C)[nH]c(C(=O)NNC(=O)COc2cc(C)ccc2C)c1C. The second-order valence-electron chi connectivity index (χ2n) is 6.18. The number of carbonyl (C=O) groups excluding carboxylic acids is 3. The number of H-pyrrole nitrogens is 1. The first-order chi connectivity index (χ1) is 12.7. The van der Waals surface area contributed by atoms with Gasteiger partial charge >= 0.3 is 5.97 Å². The molecule has 0 atom stereocenters. The van der Waals surface area contributed by atoms with Crippen molar-refractivity contribution in [1.29, 1.82) is 0 Å². The molecule has 0 aliphatic heterocycles. The molecule has 0 spiro atoms. The fourth-order valence-corrected chi connectivity index (χ4v) is 2.62. The van der Waals surface area contributed by atoms with E-state index in [-0.39, 0.29) is 12.3 Å². The molecule has 0 aliphatic rings. The second-order valence-corrected chi connectivity index (χ2v) is 6.18. The third-order valence-electron chi connectivity index (χ3n) is 4.07. The van der Waals surface area contributed by atoms with Gasteiger partial charge in [0.2, 0.25) is 0 Å². The van der Waals surface area contributed by atoms with Crippen LogP contribution in [0.1, 0.15) is 43.2 Å². The van der Waals surface area contributed by atoms with E-state index in [0.717, 1.165) is 11.1 Å². The van der Waals surface area contributed by atoms with Crippen molar-refractivity contribution in [2.24, 2.45) is 0 Å². The molecule has 1 aromatic carbocycles. The summed E-state index contributed by atoms with van der Waals surface area (Å²) >= 11 is 0. The summed E-state index contributed by atoms with van der Waals surface area (Å²) in [5.41, 5.74) is 7.93. The number of methoxy groups -OCH3 is 1. The summed E-state index contributed by atoms with van der Waals surface area (Å²) in [6.07, 6.45) is 0. The number of amides is 2. The number of hydrogen-bond donors (Lipinski definition) is 3. The normalized spacial score (nSPS) is 10.3. The van der Waals surface area contributed by atoms with E-state index >= 15 is 0 Å². The maximum Gasteiger partial charge on any atom is 0.339 e. The molecule has 0 bridgehead atoms. The first-order valence-electron chi connectivity index (χ1n) is 8.31.